The Morgan fingerprint density at radius 1 is 1.08 bits per heavy atom. The lowest BCUT2D eigenvalue weighted by atomic mass is 9.49. The van der Waals surface area contributed by atoms with E-state index in [2.05, 4.69) is 4.90 Å². The lowest BCUT2D eigenvalue weighted by Gasteiger charge is -2.62. The number of Topliss-reactive ketones (excluding diaryl/α,β-unsaturated/α-hetero) is 1. The Kier molecular flexibility index (Phi) is 5.04. The van der Waals surface area contributed by atoms with Crippen LogP contribution in [0, 0.1) is 5.92 Å². The number of carboxylic acids is 1. The van der Waals surface area contributed by atoms with E-state index in [-0.39, 0.29) is 34.6 Å². The number of ketones is 1. The van der Waals surface area contributed by atoms with Crippen molar-refractivity contribution in [3.05, 3.63) is 47.0 Å². The Balaban J connectivity index is 0.000000186. The van der Waals surface area contributed by atoms with Crippen LogP contribution < -0.4 is 4.74 Å². The second-order valence-electron chi connectivity index (χ2n) is 10.7. The van der Waals surface area contributed by atoms with Crippen molar-refractivity contribution in [1.82, 2.24) is 4.90 Å². The van der Waals surface area contributed by atoms with Crippen molar-refractivity contribution in [2.45, 2.75) is 61.7 Å². The van der Waals surface area contributed by atoms with Gasteiger partial charge in [-0.2, -0.15) is 0 Å². The van der Waals surface area contributed by atoms with Crippen LogP contribution in [0.2, 0.25) is 0 Å². The summed E-state index contributed by atoms with van der Waals surface area (Å²) in [5.74, 6) is -0.409. The normalized spacial score (nSPS) is 31.6. The third-order valence-electron chi connectivity index (χ3n) is 8.77. The van der Waals surface area contributed by atoms with Crippen molar-refractivity contribution < 1.29 is 39.9 Å². The first-order valence-corrected chi connectivity index (χ1v) is 12.4. The van der Waals surface area contributed by atoms with Gasteiger partial charge >= 0.3 is 5.97 Å². The van der Waals surface area contributed by atoms with Crippen LogP contribution in [0.4, 0.5) is 0 Å². The molecule has 0 unspecified atom stereocenters. The molecule has 36 heavy (non-hydrogen) atoms. The maximum absolute atomic E-state index is 12.7. The Morgan fingerprint density at radius 3 is 2.53 bits per heavy atom. The van der Waals surface area contributed by atoms with Gasteiger partial charge in [-0.15, -0.1) is 0 Å². The zero-order chi connectivity index (χ0) is 25.4. The van der Waals surface area contributed by atoms with Gasteiger partial charge in [0, 0.05) is 24.6 Å². The molecule has 9 heteroatoms. The number of phenolic OH excluding ortho intramolecular Hbond substituents is 2. The van der Waals surface area contributed by atoms with E-state index in [0.29, 0.717) is 18.6 Å². The third-order valence-corrected chi connectivity index (χ3v) is 8.77. The van der Waals surface area contributed by atoms with Crippen LogP contribution in [0.3, 0.4) is 0 Å². The van der Waals surface area contributed by atoms with Gasteiger partial charge in [-0.05, 0) is 74.4 Å². The quantitative estimate of drug-likeness (QED) is 0.405. The smallest absolute Gasteiger partial charge is 0.339 e. The van der Waals surface area contributed by atoms with Gasteiger partial charge in [-0.25, -0.2) is 4.79 Å². The minimum atomic E-state index is -1.27. The van der Waals surface area contributed by atoms with Crippen LogP contribution in [-0.4, -0.2) is 73.0 Å². The summed E-state index contributed by atoms with van der Waals surface area (Å²) in [5, 5.41) is 48.4. The van der Waals surface area contributed by atoms with E-state index in [1.54, 1.807) is 6.07 Å². The highest BCUT2D eigenvalue weighted by atomic mass is 16.5. The molecule has 2 aromatic carbocycles. The van der Waals surface area contributed by atoms with Crippen molar-refractivity contribution >= 4 is 11.8 Å². The second-order valence-corrected chi connectivity index (χ2v) is 10.7. The van der Waals surface area contributed by atoms with Crippen LogP contribution in [0.1, 0.15) is 53.6 Å². The monoisotopic (exact) mass is 495 g/mol. The number of piperidine rings is 1. The van der Waals surface area contributed by atoms with Crippen molar-refractivity contribution in [2.24, 2.45) is 5.92 Å². The molecule has 0 aromatic heterocycles. The molecule has 2 aromatic rings. The predicted molar refractivity (Wildman–Crippen MR) is 127 cm³/mol. The Morgan fingerprint density at radius 2 is 1.83 bits per heavy atom. The topological polar surface area (TPSA) is 148 Å². The van der Waals surface area contributed by atoms with Crippen molar-refractivity contribution in [3.8, 4) is 23.0 Å². The Labute approximate surface area is 207 Å². The summed E-state index contributed by atoms with van der Waals surface area (Å²) in [6.07, 6.45) is 4.33. The van der Waals surface area contributed by atoms with Crippen molar-refractivity contribution in [2.75, 3.05) is 13.1 Å². The summed E-state index contributed by atoms with van der Waals surface area (Å²) in [4.78, 5) is 25.5. The van der Waals surface area contributed by atoms with E-state index in [1.807, 2.05) is 6.07 Å². The predicted octanol–water partition coefficient (Wildman–Crippen LogP) is 2.32. The summed E-state index contributed by atoms with van der Waals surface area (Å²) >= 11 is 0. The number of carbonyl (C=O) groups is 2. The molecule has 3 aliphatic carbocycles. The number of aromatic hydroxyl groups is 3. The number of likely N-dealkylation sites (tertiary alicyclic amines) is 1. The van der Waals surface area contributed by atoms with E-state index >= 15 is 0 Å². The molecular weight excluding hydrogens is 466 g/mol. The Hall–Kier alpha value is -3.30. The molecule has 0 radical (unpaired) electrons. The number of phenols is 3. The minimum Gasteiger partial charge on any atom is -0.508 e. The van der Waals surface area contributed by atoms with Gasteiger partial charge in [-0.3, -0.25) is 9.69 Å². The summed E-state index contributed by atoms with van der Waals surface area (Å²) in [6.45, 7) is 1.95. The fourth-order valence-electron chi connectivity index (χ4n) is 6.96. The zero-order valence-corrected chi connectivity index (χ0v) is 19.7. The summed E-state index contributed by atoms with van der Waals surface area (Å²) in [6, 6.07) is 7.01. The zero-order valence-electron chi connectivity index (χ0n) is 19.7. The molecular formula is C27H29NO8. The number of nitrogens with zero attached hydrogens (tertiary/aromatic N) is 1. The average molecular weight is 496 g/mol. The second kappa shape index (κ2) is 7.85. The van der Waals surface area contributed by atoms with Gasteiger partial charge in [0.15, 0.2) is 23.4 Å². The van der Waals surface area contributed by atoms with Crippen LogP contribution in [0.5, 0.6) is 23.0 Å². The van der Waals surface area contributed by atoms with Gasteiger partial charge < -0.3 is 30.3 Å². The fraction of sp³-hybridized carbons (Fsp3) is 0.481. The number of hydrogen-bond acceptors (Lipinski definition) is 8. The maximum atomic E-state index is 12.7. The highest BCUT2D eigenvalue weighted by molar-refractivity contribution is 5.91. The number of aliphatic hydroxyl groups is 1. The molecule has 2 bridgehead atoms. The lowest BCUT2D eigenvalue weighted by Crippen LogP contribution is -2.76. The van der Waals surface area contributed by atoms with E-state index in [9.17, 15) is 19.8 Å². The molecule has 9 nitrogen and oxygen atoms in total. The van der Waals surface area contributed by atoms with E-state index in [4.69, 9.17) is 20.1 Å². The summed E-state index contributed by atoms with van der Waals surface area (Å²) in [5.41, 5.74) is 0.153. The van der Waals surface area contributed by atoms with Crippen LogP contribution in [0.15, 0.2) is 30.3 Å². The van der Waals surface area contributed by atoms with Crippen LogP contribution >= 0.6 is 0 Å². The highest BCUT2D eigenvalue weighted by Crippen LogP contribution is 2.64. The number of aromatic carboxylic acids is 1. The molecule has 3 fully saturated rings. The number of ether oxygens (including phenoxy) is 1. The molecule has 1 saturated heterocycles. The molecule has 190 valence electrons. The number of carbonyl (C=O) groups excluding carboxylic acids is 1. The molecule has 4 atom stereocenters. The standard InChI is InChI=1S/C20H23NO4.C7H6O4/c22-13-4-3-12-9-15-20(24)6-5-14(23)18-19(20,16(12)17(13)25-18)7-8-21(15)10-11-1-2-11;8-4-1-2-6(9)5(3-4)7(10)11/h3-4,11,15,18,22,24H,1-2,5-10H2;1-3,8-9H,(H,10,11)/t15-,18+,19+,20-;/m1./s1. The number of carboxylic acid groups (broad SMARTS) is 1. The molecule has 5 N–H and O–H groups in total. The lowest BCUT2D eigenvalue weighted by molar-refractivity contribution is -0.188. The molecule has 2 aliphatic heterocycles. The molecule has 5 aliphatic rings. The van der Waals surface area contributed by atoms with E-state index < -0.39 is 23.1 Å². The largest absolute Gasteiger partial charge is 0.508 e. The van der Waals surface area contributed by atoms with Gasteiger partial charge in [0.05, 0.1) is 11.0 Å². The van der Waals surface area contributed by atoms with Crippen LogP contribution in [0.25, 0.3) is 0 Å². The third kappa shape index (κ3) is 3.15. The average Bonchev–Trinajstić information content (AvgIpc) is 3.58. The van der Waals surface area contributed by atoms with Gasteiger partial charge in [0.1, 0.15) is 17.1 Å². The minimum absolute atomic E-state index is 0.0454. The molecule has 1 spiro atoms. The van der Waals surface area contributed by atoms with E-state index in [1.165, 1.54) is 18.9 Å². The summed E-state index contributed by atoms with van der Waals surface area (Å²) < 4.78 is 6.04. The van der Waals surface area contributed by atoms with Crippen molar-refractivity contribution in [3.63, 3.8) is 0 Å². The first kappa shape index (κ1) is 23.1. The highest BCUT2D eigenvalue weighted by Gasteiger charge is 2.73. The molecule has 2 saturated carbocycles. The molecule has 2 heterocycles. The van der Waals surface area contributed by atoms with E-state index in [0.717, 1.165) is 55.1 Å². The molecule has 7 rings (SSSR count). The van der Waals surface area contributed by atoms with Crippen molar-refractivity contribution in [1.29, 1.82) is 0 Å². The fourth-order valence-corrected chi connectivity index (χ4v) is 6.96. The first-order valence-electron chi connectivity index (χ1n) is 12.4. The molecule has 0 amide bonds. The number of benzene rings is 2. The SMILES string of the molecule is O=C(O)c1cc(O)ccc1O.O=C1CC[C@@]2(O)[C@H]3Cc4ccc(O)c5c4[C@@]2(CCN3CC2CC2)[C@H]1O5. The number of hydrogen-bond donors (Lipinski definition) is 5. The first-order chi connectivity index (χ1) is 17.2. The van der Waals surface area contributed by atoms with Gasteiger partial charge in [0.2, 0.25) is 0 Å². The van der Waals surface area contributed by atoms with Gasteiger partial charge in [0.25, 0.3) is 0 Å². The van der Waals surface area contributed by atoms with Crippen LogP contribution in [-0.2, 0) is 16.6 Å². The van der Waals surface area contributed by atoms with Gasteiger partial charge in [-0.1, -0.05) is 6.07 Å². The Bertz CT molecular complexity index is 1270. The summed E-state index contributed by atoms with van der Waals surface area (Å²) in [7, 11) is 0. The maximum Gasteiger partial charge on any atom is 0.339 e. The number of rotatable bonds is 3.